The summed E-state index contributed by atoms with van der Waals surface area (Å²) in [5.41, 5.74) is 2.84. The molecular formula is C21H26N2. The third kappa shape index (κ3) is 4.31. The smallest absolute Gasteiger partial charge is 0.0389 e. The van der Waals surface area contributed by atoms with E-state index in [1.807, 2.05) is 6.08 Å². The summed E-state index contributed by atoms with van der Waals surface area (Å²) in [6, 6.07) is 22.3. The van der Waals surface area contributed by atoms with E-state index in [1.54, 1.807) is 0 Å². The minimum Gasteiger partial charge on any atom is -0.297 e. The lowest BCUT2D eigenvalue weighted by Gasteiger charge is -2.39. The summed E-state index contributed by atoms with van der Waals surface area (Å²) in [6.07, 6.45) is 3.08. The first-order valence-corrected chi connectivity index (χ1v) is 8.53. The highest BCUT2D eigenvalue weighted by Gasteiger charge is 2.24. The van der Waals surface area contributed by atoms with E-state index in [0.29, 0.717) is 6.04 Å². The molecule has 120 valence electrons. The second-order valence-corrected chi connectivity index (χ2v) is 6.24. The van der Waals surface area contributed by atoms with Gasteiger partial charge < -0.3 is 0 Å². The zero-order chi connectivity index (χ0) is 15.9. The molecule has 1 saturated heterocycles. The van der Waals surface area contributed by atoms with Crippen LogP contribution in [0.25, 0.3) is 0 Å². The number of hydrogen-bond donors (Lipinski definition) is 0. The van der Waals surface area contributed by atoms with E-state index >= 15 is 0 Å². The molecule has 2 nitrogen and oxygen atoms in total. The molecule has 1 fully saturated rings. The number of benzene rings is 2. The number of hydrogen-bond acceptors (Lipinski definition) is 2. The van der Waals surface area contributed by atoms with Gasteiger partial charge in [-0.15, -0.1) is 6.58 Å². The van der Waals surface area contributed by atoms with Crippen molar-refractivity contribution < 1.29 is 0 Å². The van der Waals surface area contributed by atoms with Gasteiger partial charge in [0.1, 0.15) is 0 Å². The molecule has 0 bridgehead atoms. The van der Waals surface area contributed by atoms with E-state index in [0.717, 1.165) is 39.1 Å². The molecule has 2 heteroatoms. The Bertz CT molecular complexity index is 586. The van der Waals surface area contributed by atoms with Gasteiger partial charge in [-0.2, -0.15) is 0 Å². The summed E-state index contributed by atoms with van der Waals surface area (Å²) < 4.78 is 0. The van der Waals surface area contributed by atoms with Gasteiger partial charge in [0, 0.05) is 38.8 Å². The summed E-state index contributed by atoms with van der Waals surface area (Å²) in [7, 11) is 0. The van der Waals surface area contributed by atoms with Crippen molar-refractivity contribution in [3.63, 3.8) is 0 Å². The molecule has 23 heavy (non-hydrogen) atoms. The molecule has 1 heterocycles. The van der Waals surface area contributed by atoms with Crippen molar-refractivity contribution in [2.24, 2.45) is 0 Å². The Kier molecular flexibility index (Phi) is 5.62. The third-order valence-corrected chi connectivity index (χ3v) is 4.69. The highest BCUT2D eigenvalue weighted by Crippen LogP contribution is 2.26. The summed E-state index contributed by atoms with van der Waals surface area (Å²) in [5, 5.41) is 0. The Morgan fingerprint density at radius 1 is 0.870 bits per heavy atom. The molecule has 2 aromatic rings. The molecule has 0 spiro atoms. The van der Waals surface area contributed by atoms with Crippen LogP contribution in [0.5, 0.6) is 0 Å². The minimum absolute atomic E-state index is 0.462. The highest BCUT2D eigenvalue weighted by molar-refractivity contribution is 5.24. The van der Waals surface area contributed by atoms with Crippen molar-refractivity contribution >= 4 is 0 Å². The topological polar surface area (TPSA) is 6.48 Å². The zero-order valence-electron chi connectivity index (χ0n) is 13.8. The maximum atomic E-state index is 3.86. The molecule has 0 aromatic heterocycles. The van der Waals surface area contributed by atoms with Gasteiger partial charge >= 0.3 is 0 Å². The Morgan fingerprint density at radius 3 is 2.09 bits per heavy atom. The van der Waals surface area contributed by atoms with Crippen LogP contribution in [-0.2, 0) is 6.42 Å². The SMILES string of the molecule is C=CCN1CCN(C(Cc2ccccc2)c2ccccc2)CC1. The van der Waals surface area contributed by atoms with E-state index in [1.165, 1.54) is 11.1 Å². The molecule has 3 rings (SSSR count). The minimum atomic E-state index is 0.462. The summed E-state index contributed by atoms with van der Waals surface area (Å²) >= 11 is 0. The predicted molar refractivity (Wildman–Crippen MR) is 97.5 cm³/mol. The lowest BCUT2D eigenvalue weighted by atomic mass is 9.96. The molecular weight excluding hydrogens is 280 g/mol. The van der Waals surface area contributed by atoms with Gasteiger partial charge in [-0.25, -0.2) is 0 Å². The quantitative estimate of drug-likeness (QED) is 0.750. The molecule has 1 aliphatic heterocycles. The summed E-state index contributed by atoms with van der Waals surface area (Å²) in [6.45, 7) is 9.37. The van der Waals surface area contributed by atoms with Crippen molar-refractivity contribution in [1.29, 1.82) is 0 Å². The van der Waals surface area contributed by atoms with Crippen LogP contribution in [0, 0.1) is 0 Å². The van der Waals surface area contributed by atoms with Crippen LogP contribution in [0.15, 0.2) is 73.3 Å². The monoisotopic (exact) mass is 306 g/mol. The van der Waals surface area contributed by atoms with E-state index < -0.39 is 0 Å². The van der Waals surface area contributed by atoms with E-state index in [9.17, 15) is 0 Å². The lowest BCUT2D eigenvalue weighted by Crippen LogP contribution is -2.47. The van der Waals surface area contributed by atoms with Crippen molar-refractivity contribution in [3.05, 3.63) is 84.4 Å². The molecule has 0 saturated carbocycles. The largest absolute Gasteiger partial charge is 0.297 e. The molecule has 1 unspecified atom stereocenters. The van der Waals surface area contributed by atoms with Gasteiger partial charge in [-0.1, -0.05) is 66.7 Å². The molecule has 1 aliphatic rings. The van der Waals surface area contributed by atoms with Gasteiger partial charge in [-0.05, 0) is 17.5 Å². The summed E-state index contributed by atoms with van der Waals surface area (Å²) in [5.74, 6) is 0. The molecule has 0 radical (unpaired) electrons. The van der Waals surface area contributed by atoms with Crippen LogP contribution in [-0.4, -0.2) is 42.5 Å². The van der Waals surface area contributed by atoms with Gasteiger partial charge in [0.25, 0.3) is 0 Å². The zero-order valence-corrected chi connectivity index (χ0v) is 13.8. The Labute approximate surface area is 140 Å². The summed E-state index contributed by atoms with van der Waals surface area (Å²) in [4.78, 5) is 5.12. The fraction of sp³-hybridized carbons (Fsp3) is 0.333. The van der Waals surface area contributed by atoms with Gasteiger partial charge in [0.05, 0.1) is 0 Å². The van der Waals surface area contributed by atoms with Crippen LogP contribution in [0.1, 0.15) is 17.2 Å². The first-order chi connectivity index (χ1) is 11.4. The Balaban J connectivity index is 1.75. The maximum absolute atomic E-state index is 3.86. The number of piperazine rings is 1. The lowest BCUT2D eigenvalue weighted by molar-refractivity contribution is 0.102. The first-order valence-electron chi connectivity index (χ1n) is 8.53. The van der Waals surface area contributed by atoms with Crippen LogP contribution in [0.2, 0.25) is 0 Å². The first kappa shape index (κ1) is 16.0. The number of nitrogens with zero attached hydrogens (tertiary/aromatic N) is 2. The van der Waals surface area contributed by atoms with Gasteiger partial charge in [0.15, 0.2) is 0 Å². The molecule has 0 N–H and O–H groups in total. The molecule has 2 aromatic carbocycles. The van der Waals surface area contributed by atoms with Crippen LogP contribution >= 0.6 is 0 Å². The number of rotatable bonds is 6. The van der Waals surface area contributed by atoms with E-state index in [2.05, 4.69) is 77.0 Å². The molecule has 0 amide bonds. The van der Waals surface area contributed by atoms with Crippen LogP contribution < -0.4 is 0 Å². The Hall–Kier alpha value is -1.90. The second-order valence-electron chi connectivity index (χ2n) is 6.24. The third-order valence-electron chi connectivity index (χ3n) is 4.69. The van der Waals surface area contributed by atoms with Crippen molar-refractivity contribution in [2.75, 3.05) is 32.7 Å². The standard InChI is InChI=1S/C21H26N2/c1-2-13-22-14-16-23(17-15-22)21(20-11-7-4-8-12-20)18-19-9-5-3-6-10-19/h2-12,21H,1,13-18H2. The van der Waals surface area contributed by atoms with Crippen molar-refractivity contribution in [1.82, 2.24) is 9.80 Å². The fourth-order valence-corrected chi connectivity index (χ4v) is 3.41. The van der Waals surface area contributed by atoms with Gasteiger partial charge in [0.2, 0.25) is 0 Å². The van der Waals surface area contributed by atoms with Crippen LogP contribution in [0.4, 0.5) is 0 Å². The van der Waals surface area contributed by atoms with E-state index in [-0.39, 0.29) is 0 Å². The molecule has 0 aliphatic carbocycles. The van der Waals surface area contributed by atoms with Crippen molar-refractivity contribution in [3.8, 4) is 0 Å². The van der Waals surface area contributed by atoms with Crippen molar-refractivity contribution in [2.45, 2.75) is 12.5 Å². The fourth-order valence-electron chi connectivity index (χ4n) is 3.41. The predicted octanol–water partition coefficient (Wildman–Crippen LogP) is 3.77. The maximum Gasteiger partial charge on any atom is 0.0389 e. The highest BCUT2D eigenvalue weighted by atomic mass is 15.3. The second kappa shape index (κ2) is 8.09. The van der Waals surface area contributed by atoms with Crippen LogP contribution in [0.3, 0.4) is 0 Å². The average molecular weight is 306 g/mol. The Morgan fingerprint density at radius 2 is 1.48 bits per heavy atom. The van der Waals surface area contributed by atoms with Gasteiger partial charge in [-0.3, -0.25) is 9.80 Å². The average Bonchev–Trinajstić information content (AvgIpc) is 2.62. The normalized spacial score (nSPS) is 17.7. The molecule has 1 atom stereocenters. The van der Waals surface area contributed by atoms with E-state index in [4.69, 9.17) is 0 Å².